The predicted octanol–water partition coefficient (Wildman–Crippen LogP) is 3.33. The highest BCUT2D eigenvalue weighted by Crippen LogP contribution is 2.29. The van der Waals surface area contributed by atoms with Crippen molar-refractivity contribution < 1.29 is 4.74 Å². The SMILES string of the molecule is COc1cc(C)ccc1C(CCCC(C)C)NN. The third-order valence-corrected chi connectivity index (χ3v) is 3.24. The van der Waals surface area contributed by atoms with Crippen LogP contribution in [0, 0.1) is 12.8 Å². The number of hydrazine groups is 1. The Morgan fingerprint density at radius 1 is 1.28 bits per heavy atom. The van der Waals surface area contributed by atoms with E-state index in [0.717, 1.165) is 23.7 Å². The van der Waals surface area contributed by atoms with E-state index in [0.29, 0.717) is 0 Å². The first-order valence-corrected chi connectivity index (χ1v) is 6.69. The largest absolute Gasteiger partial charge is 0.496 e. The van der Waals surface area contributed by atoms with Crippen molar-refractivity contribution in [1.29, 1.82) is 0 Å². The zero-order chi connectivity index (χ0) is 13.5. The summed E-state index contributed by atoms with van der Waals surface area (Å²) in [4.78, 5) is 0. The van der Waals surface area contributed by atoms with Crippen LogP contribution < -0.4 is 16.0 Å². The van der Waals surface area contributed by atoms with Crippen molar-refractivity contribution in [2.45, 2.75) is 46.1 Å². The molecule has 0 amide bonds. The van der Waals surface area contributed by atoms with Crippen molar-refractivity contribution in [3.63, 3.8) is 0 Å². The number of hydrogen-bond donors (Lipinski definition) is 2. The summed E-state index contributed by atoms with van der Waals surface area (Å²) in [5.41, 5.74) is 5.26. The first-order valence-electron chi connectivity index (χ1n) is 6.69. The molecule has 1 aromatic rings. The summed E-state index contributed by atoms with van der Waals surface area (Å²) in [5.74, 6) is 7.34. The molecule has 1 atom stereocenters. The molecule has 18 heavy (non-hydrogen) atoms. The number of methoxy groups -OCH3 is 1. The molecule has 0 radical (unpaired) electrons. The molecule has 0 saturated carbocycles. The zero-order valence-electron chi connectivity index (χ0n) is 12.0. The van der Waals surface area contributed by atoms with Crippen molar-refractivity contribution in [2.75, 3.05) is 7.11 Å². The highest BCUT2D eigenvalue weighted by atomic mass is 16.5. The Balaban J connectivity index is 2.75. The second-order valence-electron chi connectivity index (χ2n) is 5.29. The van der Waals surface area contributed by atoms with Crippen LogP contribution >= 0.6 is 0 Å². The Morgan fingerprint density at radius 3 is 2.56 bits per heavy atom. The first kappa shape index (κ1) is 15.0. The molecule has 3 nitrogen and oxygen atoms in total. The maximum absolute atomic E-state index is 5.68. The number of nitrogens with two attached hydrogens (primary N) is 1. The van der Waals surface area contributed by atoms with Crippen LogP contribution in [-0.2, 0) is 0 Å². The maximum Gasteiger partial charge on any atom is 0.123 e. The molecular weight excluding hydrogens is 224 g/mol. The molecule has 0 bridgehead atoms. The Bertz CT molecular complexity index is 364. The van der Waals surface area contributed by atoms with Crippen LogP contribution in [0.5, 0.6) is 5.75 Å². The topological polar surface area (TPSA) is 47.3 Å². The van der Waals surface area contributed by atoms with Gasteiger partial charge in [0.2, 0.25) is 0 Å². The molecule has 1 aromatic carbocycles. The summed E-state index contributed by atoms with van der Waals surface area (Å²) in [6.45, 7) is 6.56. The fourth-order valence-electron chi connectivity index (χ4n) is 2.17. The molecule has 0 aliphatic heterocycles. The molecule has 0 aliphatic rings. The number of hydrogen-bond acceptors (Lipinski definition) is 3. The lowest BCUT2D eigenvalue weighted by Gasteiger charge is -2.20. The van der Waals surface area contributed by atoms with Crippen molar-refractivity contribution in [2.24, 2.45) is 11.8 Å². The van der Waals surface area contributed by atoms with E-state index >= 15 is 0 Å². The maximum atomic E-state index is 5.68. The quantitative estimate of drug-likeness (QED) is 0.576. The lowest BCUT2D eigenvalue weighted by Crippen LogP contribution is -2.28. The molecule has 0 saturated heterocycles. The van der Waals surface area contributed by atoms with Gasteiger partial charge in [-0.05, 0) is 30.9 Å². The number of rotatable bonds is 7. The second-order valence-corrected chi connectivity index (χ2v) is 5.29. The molecule has 0 heterocycles. The predicted molar refractivity (Wildman–Crippen MR) is 76.5 cm³/mol. The summed E-state index contributed by atoms with van der Waals surface area (Å²) >= 11 is 0. The standard InChI is InChI=1S/C15H26N2O/c1-11(2)6-5-7-14(17-16)13-9-8-12(3)10-15(13)18-4/h8-11,14,17H,5-7,16H2,1-4H3. The van der Waals surface area contributed by atoms with Gasteiger partial charge in [0.1, 0.15) is 5.75 Å². The van der Waals surface area contributed by atoms with E-state index in [1.54, 1.807) is 7.11 Å². The monoisotopic (exact) mass is 250 g/mol. The van der Waals surface area contributed by atoms with Gasteiger partial charge >= 0.3 is 0 Å². The summed E-state index contributed by atoms with van der Waals surface area (Å²) in [6.07, 6.45) is 3.43. The van der Waals surface area contributed by atoms with Crippen molar-refractivity contribution in [1.82, 2.24) is 5.43 Å². The molecule has 3 heteroatoms. The van der Waals surface area contributed by atoms with Gasteiger partial charge in [-0.1, -0.05) is 38.8 Å². The Kier molecular flexibility index (Phi) is 6.16. The molecular formula is C15H26N2O. The van der Waals surface area contributed by atoms with E-state index in [1.165, 1.54) is 18.4 Å². The lowest BCUT2D eigenvalue weighted by atomic mass is 9.97. The molecule has 0 aromatic heterocycles. The van der Waals surface area contributed by atoms with Gasteiger partial charge in [0.15, 0.2) is 0 Å². The highest BCUT2D eigenvalue weighted by Gasteiger charge is 2.14. The van der Waals surface area contributed by atoms with E-state index in [1.807, 2.05) is 0 Å². The van der Waals surface area contributed by atoms with Gasteiger partial charge in [0.05, 0.1) is 7.11 Å². The molecule has 1 rings (SSSR count). The normalized spacial score (nSPS) is 12.8. The van der Waals surface area contributed by atoms with Crippen molar-refractivity contribution in [3.05, 3.63) is 29.3 Å². The minimum Gasteiger partial charge on any atom is -0.496 e. The minimum absolute atomic E-state index is 0.166. The van der Waals surface area contributed by atoms with Crippen LogP contribution in [0.3, 0.4) is 0 Å². The Labute approximate surface area is 111 Å². The molecule has 0 aliphatic carbocycles. The Hall–Kier alpha value is -1.06. The van der Waals surface area contributed by atoms with Crippen LogP contribution in [0.15, 0.2) is 18.2 Å². The summed E-state index contributed by atoms with van der Waals surface area (Å²) < 4.78 is 5.44. The van der Waals surface area contributed by atoms with E-state index in [9.17, 15) is 0 Å². The number of nitrogens with one attached hydrogen (secondary N) is 1. The summed E-state index contributed by atoms with van der Waals surface area (Å²) in [7, 11) is 1.71. The number of aryl methyl sites for hydroxylation is 1. The van der Waals surface area contributed by atoms with Crippen molar-refractivity contribution >= 4 is 0 Å². The first-order chi connectivity index (χ1) is 8.58. The third-order valence-electron chi connectivity index (χ3n) is 3.24. The fraction of sp³-hybridized carbons (Fsp3) is 0.600. The summed E-state index contributed by atoms with van der Waals surface area (Å²) in [6, 6.07) is 6.43. The van der Waals surface area contributed by atoms with Crippen LogP contribution in [0.1, 0.15) is 50.3 Å². The van der Waals surface area contributed by atoms with Gasteiger partial charge < -0.3 is 4.74 Å². The van der Waals surface area contributed by atoms with Gasteiger partial charge in [-0.25, -0.2) is 0 Å². The molecule has 0 spiro atoms. The minimum atomic E-state index is 0.166. The van der Waals surface area contributed by atoms with Gasteiger partial charge in [-0.3, -0.25) is 11.3 Å². The van der Waals surface area contributed by atoms with Crippen molar-refractivity contribution in [3.8, 4) is 5.75 Å². The average Bonchev–Trinajstić information content (AvgIpc) is 2.34. The second kappa shape index (κ2) is 7.39. The van der Waals surface area contributed by atoms with E-state index < -0.39 is 0 Å². The van der Waals surface area contributed by atoms with Crippen LogP contribution in [0.4, 0.5) is 0 Å². The lowest BCUT2D eigenvalue weighted by molar-refractivity contribution is 0.390. The van der Waals surface area contributed by atoms with E-state index in [-0.39, 0.29) is 6.04 Å². The van der Waals surface area contributed by atoms with E-state index in [2.05, 4.69) is 44.4 Å². The number of ether oxygens (including phenoxy) is 1. The van der Waals surface area contributed by atoms with Crippen LogP contribution in [0.2, 0.25) is 0 Å². The van der Waals surface area contributed by atoms with Gasteiger partial charge in [0.25, 0.3) is 0 Å². The fourth-order valence-corrected chi connectivity index (χ4v) is 2.17. The van der Waals surface area contributed by atoms with Crippen LogP contribution in [0.25, 0.3) is 0 Å². The van der Waals surface area contributed by atoms with Gasteiger partial charge in [-0.15, -0.1) is 0 Å². The third kappa shape index (κ3) is 4.31. The van der Waals surface area contributed by atoms with Gasteiger partial charge in [-0.2, -0.15) is 0 Å². The zero-order valence-corrected chi connectivity index (χ0v) is 12.0. The molecule has 1 unspecified atom stereocenters. The number of benzene rings is 1. The smallest absolute Gasteiger partial charge is 0.123 e. The average molecular weight is 250 g/mol. The van der Waals surface area contributed by atoms with Crippen LogP contribution in [-0.4, -0.2) is 7.11 Å². The summed E-state index contributed by atoms with van der Waals surface area (Å²) in [5, 5.41) is 0. The Morgan fingerprint density at radius 2 is 2.00 bits per heavy atom. The van der Waals surface area contributed by atoms with E-state index in [4.69, 9.17) is 10.6 Å². The molecule has 3 N–H and O–H groups in total. The molecule has 102 valence electrons. The highest BCUT2D eigenvalue weighted by molar-refractivity contribution is 5.39. The molecule has 0 fully saturated rings. The van der Waals surface area contributed by atoms with Gasteiger partial charge in [0, 0.05) is 11.6 Å².